The third kappa shape index (κ3) is 5.88. The second-order valence-corrected chi connectivity index (χ2v) is 6.25. The van der Waals surface area contributed by atoms with E-state index in [1.54, 1.807) is 39.0 Å². The summed E-state index contributed by atoms with van der Waals surface area (Å²) in [6.07, 6.45) is -0.491. The molecule has 0 aliphatic carbocycles. The van der Waals surface area contributed by atoms with Crippen LogP contribution in [-0.4, -0.2) is 31.8 Å². The van der Waals surface area contributed by atoms with Gasteiger partial charge in [0, 0.05) is 12.2 Å². The maximum Gasteiger partial charge on any atom is 0.407 e. The van der Waals surface area contributed by atoms with Gasteiger partial charge in [-0.05, 0) is 50.1 Å². The number of carbonyl (C=O) groups is 1. The van der Waals surface area contributed by atoms with Crippen LogP contribution in [0.15, 0.2) is 24.3 Å². The number of hydrogen-bond acceptors (Lipinski definition) is 7. The molecule has 0 unspecified atom stereocenters. The van der Waals surface area contributed by atoms with Crippen LogP contribution in [0, 0.1) is 0 Å². The Balaban J connectivity index is 2.00. The lowest BCUT2D eigenvalue weighted by Crippen LogP contribution is -2.32. The molecule has 0 spiro atoms. The molecule has 8 nitrogen and oxygen atoms in total. The van der Waals surface area contributed by atoms with Crippen LogP contribution in [0.3, 0.4) is 0 Å². The lowest BCUT2D eigenvalue weighted by Gasteiger charge is -2.19. The number of amides is 1. The molecule has 1 aromatic heterocycles. The predicted molar refractivity (Wildman–Crippen MR) is 89.3 cm³/mol. The van der Waals surface area contributed by atoms with E-state index < -0.39 is 17.7 Å². The topological polar surface area (TPSA) is 109 Å². The second-order valence-electron chi connectivity index (χ2n) is 5.91. The summed E-state index contributed by atoms with van der Waals surface area (Å²) >= 11 is 5.66. The van der Waals surface area contributed by atoms with E-state index in [1.165, 1.54) is 0 Å². The summed E-state index contributed by atoms with van der Waals surface area (Å²) in [7, 11) is 0. The van der Waals surface area contributed by atoms with Crippen molar-refractivity contribution in [2.24, 2.45) is 0 Å². The lowest BCUT2D eigenvalue weighted by molar-refractivity contribution is 0.0523. The van der Waals surface area contributed by atoms with Crippen molar-refractivity contribution in [3.63, 3.8) is 0 Å². The van der Waals surface area contributed by atoms with Crippen molar-refractivity contribution in [3.05, 3.63) is 35.1 Å². The van der Waals surface area contributed by atoms with Gasteiger partial charge in [0.05, 0.1) is 0 Å². The van der Waals surface area contributed by atoms with Gasteiger partial charge in [0.25, 0.3) is 0 Å². The fourth-order valence-corrected chi connectivity index (χ4v) is 1.93. The number of hydrogen-bond donors (Lipinski definition) is 3. The monoisotopic (exact) mass is 351 g/mol. The summed E-state index contributed by atoms with van der Waals surface area (Å²) in [6.45, 7) is 5.69. The van der Waals surface area contributed by atoms with E-state index in [9.17, 15) is 9.90 Å². The number of benzene rings is 1. The van der Waals surface area contributed by atoms with Crippen molar-refractivity contribution in [1.82, 2.24) is 20.3 Å². The number of alkyl carbamates (subject to hydrolysis) is 1. The normalized spacial score (nSPS) is 11.0. The smallest absolute Gasteiger partial charge is 0.407 e. The number of halogens is 1. The maximum atomic E-state index is 11.7. The van der Waals surface area contributed by atoms with Gasteiger partial charge < -0.3 is 20.5 Å². The Labute approximate surface area is 144 Å². The van der Waals surface area contributed by atoms with E-state index in [0.29, 0.717) is 12.2 Å². The minimum atomic E-state index is -0.548. The van der Waals surface area contributed by atoms with Crippen molar-refractivity contribution in [2.75, 3.05) is 5.32 Å². The fourth-order valence-electron chi connectivity index (χ4n) is 1.77. The quantitative estimate of drug-likeness (QED) is 0.776. The number of aromatic hydroxyl groups is 1. The van der Waals surface area contributed by atoms with Crippen molar-refractivity contribution >= 4 is 29.3 Å². The summed E-state index contributed by atoms with van der Waals surface area (Å²) in [5.41, 5.74) is 0.961. The summed E-state index contributed by atoms with van der Waals surface area (Å²) in [6, 6.07) is 6.76. The SMILES string of the molecule is CC(C)(C)OC(=O)NCc1cccc(Nc2nc(O)nc(Cl)n2)c1. The molecule has 0 fully saturated rings. The van der Waals surface area contributed by atoms with E-state index in [0.717, 1.165) is 5.56 Å². The molecule has 0 aliphatic heterocycles. The second kappa shape index (κ2) is 7.31. The molecule has 1 amide bonds. The number of carbonyl (C=O) groups excluding carboxylic acids is 1. The van der Waals surface area contributed by atoms with Crippen molar-refractivity contribution < 1.29 is 14.6 Å². The summed E-state index contributed by atoms with van der Waals surface area (Å²) < 4.78 is 5.18. The average Bonchev–Trinajstić information content (AvgIpc) is 2.42. The van der Waals surface area contributed by atoms with Gasteiger partial charge in [0.2, 0.25) is 11.2 Å². The molecule has 0 radical (unpaired) electrons. The number of nitrogens with zero attached hydrogens (tertiary/aromatic N) is 3. The zero-order chi connectivity index (χ0) is 17.7. The van der Waals surface area contributed by atoms with Gasteiger partial charge in [-0.1, -0.05) is 12.1 Å². The van der Waals surface area contributed by atoms with Crippen LogP contribution in [0.5, 0.6) is 6.01 Å². The van der Waals surface area contributed by atoms with Gasteiger partial charge >= 0.3 is 12.1 Å². The van der Waals surface area contributed by atoms with Gasteiger partial charge in [-0.2, -0.15) is 15.0 Å². The molecule has 24 heavy (non-hydrogen) atoms. The Morgan fingerprint density at radius 1 is 1.29 bits per heavy atom. The first-order chi connectivity index (χ1) is 11.2. The molecular weight excluding hydrogens is 334 g/mol. The maximum absolute atomic E-state index is 11.7. The first kappa shape index (κ1) is 17.7. The molecule has 1 heterocycles. The Bertz CT molecular complexity index is 713. The summed E-state index contributed by atoms with van der Waals surface area (Å²) in [5, 5.41) is 14.8. The number of rotatable bonds is 4. The minimum Gasteiger partial charge on any atom is -0.479 e. The highest BCUT2D eigenvalue weighted by Crippen LogP contribution is 2.17. The molecule has 0 saturated carbocycles. The highest BCUT2D eigenvalue weighted by Gasteiger charge is 2.15. The molecule has 2 aromatic rings. The number of anilines is 2. The summed E-state index contributed by atoms with van der Waals surface area (Å²) in [5.74, 6) is 0.116. The van der Waals surface area contributed by atoms with Crippen LogP contribution in [0.4, 0.5) is 16.4 Å². The molecule has 3 N–H and O–H groups in total. The third-order valence-corrected chi connectivity index (χ3v) is 2.78. The zero-order valence-corrected chi connectivity index (χ0v) is 14.3. The molecule has 0 atom stereocenters. The Morgan fingerprint density at radius 2 is 2.04 bits per heavy atom. The molecule has 2 rings (SSSR count). The molecular formula is C15H18ClN5O3. The van der Waals surface area contributed by atoms with E-state index in [-0.39, 0.29) is 11.2 Å². The number of ether oxygens (including phenoxy) is 1. The van der Waals surface area contributed by atoms with E-state index >= 15 is 0 Å². The molecule has 0 bridgehead atoms. The first-order valence-electron chi connectivity index (χ1n) is 7.15. The van der Waals surface area contributed by atoms with Gasteiger partial charge in [0.1, 0.15) is 5.60 Å². The molecule has 0 saturated heterocycles. The van der Waals surface area contributed by atoms with Crippen LogP contribution >= 0.6 is 11.6 Å². The Kier molecular flexibility index (Phi) is 5.40. The lowest BCUT2D eigenvalue weighted by atomic mass is 10.2. The summed E-state index contributed by atoms with van der Waals surface area (Å²) in [4.78, 5) is 22.7. The fraction of sp³-hybridized carbons (Fsp3) is 0.333. The molecule has 128 valence electrons. The minimum absolute atomic E-state index is 0.116. The van der Waals surface area contributed by atoms with Crippen LogP contribution < -0.4 is 10.6 Å². The third-order valence-electron chi connectivity index (χ3n) is 2.62. The Hall–Kier alpha value is -2.61. The molecule has 9 heteroatoms. The zero-order valence-electron chi connectivity index (χ0n) is 13.5. The number of aromatic nitrogens is 3. The highest BCUT2D eigenvalue weighted by atomic mass is 35.5. The van der Waals surface area contributed by atoms with Crippen molar-refractivity contribution in [3.8, 4) is 6.01 Å². The largest absolute Gasteiger partial charge is 0.479 e. The Morgan fingerprint density at radius 3 is 2.71 bits per heavy atom. The van der Waals surface area contributed by atoms with Crippen molar-refractivity contribution in [2.45, 2.75) is 32.9 Å². The van der Waals surface area contributed by atoms with E-state index in [4.69, 9.17) is 16.3 Å². The van der Waals surface area contributed by atoms with Crippen molar-refractivity contribution in [1.29, 1.82) is 0 Å². The van der Waals surface area contributed by atoms with Crippen LogP contribution in [0.2, 0.25) is 5.28 Å². The van der Waals surface area contributed by atoms with Gasteiger partial charge in [-0.15, -0.1) is 0 Å². The van der Waals surface area contributed by atoms with Crippen LogP contribution in [0.25, 0.3) is 0 Å². The number of nitrogens with one attached hydrogen (secondary N) is 2. The van der Waals surface area contributed by atoms with Gasteiger partial charge in [-0.25, -0.2) is 4.79 Å². The van der Waals surface area contributed by atoms with E-state index in [2.05, 4.69) is 25.6 Å². The molecule has 0 aliphatic rings. The first-order valence-corrected chi connectivity index (χ1v) is 7.52. The predicted octanol–water partition coefficient (Wildman–Crippen LogP) is 3.00. The standard InChI is InChI=1S/C15H18ClN5O3/c1-15(2,3)24-14(23)17-8-9-5-4-6-10(7-9)18-12-19-11(16)20-13(22)21-12/h4-7H,8H2,1-3H3,(H,17,23)(H2,18,19,20,21,22). The van der Waals surface area contributed by atoms with Crippen LogP contribution in [-0.2, 0) is 11.3 Å². The highest BCUT2D eigenvalue weighted by molar-refractivity contribution is 6.28. The average molecular weight is 352 g/mol. The van der Waals surface area contributed by atoms with Gasteiger partial charge in [0.15, 0.2) is 0 Å². The molecule has 1 aromatic carbocycles. The van der Waals surface area contributed by atoms with E-state index in [1.807, 2.05) is 6.07 Å². The van der Waals surface area contributed by atoms with Gasteiger partial charge in [-0.3, -0.25) is 0 Å². The van der Waals surface area contributed by atoms with Crippen LogP contribution in [0.1, 0.15) is 26.3 Å².